The third kappa shape index (κ3) is 3.36. The van der Waals surface area contributed by atoms with Gasteiger partial charge in [0.1, 0.15) is 10.9 Å². The van der Waals surface area contributed by atoms with Gasteiger partial charge in [-0.2, -0.15) is 0 Å². The Kier molecular flexibility index (Phi) is 4.24. The van der Waals surface area contributed by atoms with Gasteiger partial charge in [-0.05, 0) is 30.3 Å². The van der Waals surface area contributed by atoms with E-state index in [1.165, 1.54) is 13.3 Å². The molecule has 0 spiro atoms. The van der Waals surface area contributed by atoms with Gasteiger partial charge in [0.15, 0.2) is 0 Å². The average molecular weight is 297 g/mol. The number of ether oxygens (including phenoxy) is 1. The fourth-order valence-electron chi connectivity index (χ4n) is 1.48. The number of amides is 1. The Hall–Kier alpha value is -1.78. The number of halogens is 2. The first-order valence-electron chi connectivity index (χ1n) is 5.36. The van der Waals surface area contributed by atoms with E-state index in [1.54, 1.807) is 30.3 Å². The minimum atomic E-state index is -0.315. The average Bonchev–Trinajstić information content (AvgIpc) is 2.39. The van der Waals surface area contributed by atoms with Crippen molar-refractivity contribution < 1.29 is 9.53 Å². The van der Waals surface area contributed by atoms with Gasteiger partial charge in [0.2, 0.25) is 0 Å². The Labute approximate surface area is 120 Å². The molecule has 6 heteroatoms. The first-order valence-corrected chi connectivity index (χ1v) is 6.12. The normalized spacial score (nSPS) is 10.1. The largest absolute Gasteiger partial charge is 0.495 e. The molecule has 0 radical (unpaired) electrons. The smallest absolute Gasteiger partial charge is 0.257 e. The zero-order valence-corrected chi connectivity index (χ0v) is 11.5. The first kappa shape index (κ1) is 13.6. The molecule has 19 heavy (non-hydrogen) atoms. The van der Waals surface area contributed by atoms with Crippen LogP contribution in [0.25, 0.3) is 0 Å². The van der Waals surface area contributed by atoms with Crippen molar-refractivity contribution in [2.75, 3.05) is 12.4 Å². The van der Waals surface area contributed by atoms with Crippen LogP contribution in [0.3, 0.4) is 0 Å². The van der Waals surface area contributed by atoms with Gasteiger partial charge in [-0.3, -0.25) is 4.79 Å². The molecule has 2 rings (SSSR count). The number of aromatic nitrogens is 1. The molecule has 0 aliphatic rings. The van der Waals surface area contributed by atoms with Crippen LogP contribution in [0.2, 0.25) is 10.2 Å². The number of hydrogen-bond acceptors (Lipinski definition) is 3. The topological polar surface area (TPSA) is 51.2 Å². The Bertz CT molecular complexity index is 600. The summed E-state index contributed by atoms with van der Waals surface area (Å²) in [7, 11) is 1.52. The lowest BCUT2D eigenvalue weighted by atomic mass is 10.2. The fourth-order valence-corrected chi connectivity index (χ4v) is 1.77. The van der Waals surface area contributed by atoms with Gasteiger partial charge in [0.05, 0.1) is 18.4 Å². The maximum atomic E-state index is 12.0. The lowest BCUT2D eigenvalue weighted by molar-refractivity contribution is 0.102. The molecular formula is C13H10Cl2N2O2. The Balaban J connectivity index is 2.23. The van der Waals surface area contributed by atoms with E-state index in [0.717, 1.165) is 0 Å². The maximum absolute atomic E-state index is 12.0. The van der Waals surface area contributed by atoms with Crippen molar-refractivity contribution in [2.45, 2.75) is 0 Å². The summed E-state index contributed by atoms with van der Waals surface area (Å²) < 4.78 is 5.15. The standard InChI is InChI=1S/C13H10Cl2N2O2/c1-19-11-4-3-9(14)6-10(11)17-13(18)8-2-5-12(15)16-7-8/h2-7H,1H3,(H,17,18). The van der Waals surface area contributed by atoms with Crippen LogP contribution >= 0.6 is 23.2 Å². The third-order valence-corrected chi connectivity index (χ3v) is 2.86. The quantitative estimate of drug-likeness (QED) is 0.880. The molecule has 1 aromatic heterocycles. The minimum Gasteiger partial charge on any atom is -0.495 e. The van der Waals surface area contributed by atoms with Gasteiger partial charge < -0.3 is 10.1 Å². The zero-order chi connectivity index (χ0) is 13.8. The van der Waals surface area contributed by atoms with Gasteiger partial charge in [0.25, 0.3) is 5.91 Å². The second-order valence-corrected chi connectivity index (χ2v) is 4.49. The van der Waals surface area contributed by atoms with Crippen LogP contribution in [0.15, 0.2) is 36.5 Å². The van der Waals surface area contributed by atoms with Crippen LogP contribution in [0, 0.1) is 0 Å². The molecule has 0 fully saturated rings. The van der Waals surface area contributed by atoms with Gasteiger partial charge in [-0.1, -0.05) is 23.2 Å². The molecule has 1 amide bonds. The number of anilines is 1. The zero-order valence-electron chi connectivity index (χ0n) is 9.98. The summed E-state index contributed by atoms with van der Waals surface area (Å²) in [5, 5.41) is 3.54. The highest BCUT2D eigenvalue weighted by atomic mass is 35.5. The number of methoxy groups -OCH3 is 1. The monoisotopic (exact) mass is 296 g/mol. The summed E-state index contributed by atoms with van der Waals surface area (Å²) in [4.78, 5) is 15.9. The van der Waals surface area contributed by atoms with Crippen molar-refractivity contribution in [3.63, 3.8) is 0 Å². The predicted molar refractivity (Wildman–Crippen MR) is 75.2 cm³/mol. The van der Waals surface area contributed by atoms with Crippen molar-refractivity contribution in [2.24, 2.45) is 0 Å². The molecule has 98 valence electrons. The van der Waals surface area contributed by atoms with Crippen LogP contribution in [-0.2, 0) is 0 Å². The van der Waals surface area contributed by atoms with E-state index in [-0.39, 0.29) is 5.91 Å². The van der Waals surface area contributed by atoms with Crippen molar-refractivity contribution in [3.05, 3.63) is 52.3 Å². The number of hydrogen-bond donors (Lipinski definition) is 1. The van der Waals surface area contributed by atoms with E-state index in [0.29, 0.717) is 27.2 Å². The molecule has 0 unspecified atom stereocenters. The number of carbonyl (C=O) groups is 1. The molecule has 0 bridgehead atoms. The van der Waals surface area contributed by atoms with Gasteiger partial charge in [-0.25, -0.2) is 4.98 Å². The fraction of sp³-hybridized carbons (Fsp3) is 0.0769. The molecule has 0 saturated heterocycles. The Morgan fingerprint density at radius 1 is 1.26 bits per heavy atom. The van der Waals surface area contributed by atoms with Gasteiger partial charge >= 0.3 is 0 Å². The predicted octanol–water partition coefficient (Wildman–Crippen LogP) is 3.65. The molecule has 0 aliphatic heterocycles. The number of nitrogens with zero attached hydrogens (tertiary/aromatic N) is 1. The van der Waals surface area contributed by atoms with E-state index in [9.17, 15) is 4.79 Å². The minimum absolute atomic E-state index is 0.315. The van der Waals surface area contributed by atoms with Crippen LogP contribution < -0.4 is 10.1 Å². The number of pyridine rings is 1. The maximum Gasteiger partial charge on any atom is 0.257 e. The van der Waals surface area contributed by atoms with Crippen LogP contribution in [0.4, 0.5) is 5.69 Å². The van der Waals surface area contributed by atoms with Crippen molar-refractivity contribution >= 4 is 34.8 Å². The van der Waals surface area contributed by atoms with Crippen molar-refractivity contribution in [1.82, 2.24) is 4.98 Å². The van der Waals surface area contributed by atoms with Gasteiger partial charge in [0, 0.05) is 11.2 Å². The van der Waals surface area contributed by atoms with E-state index in [1.807, 2.05) is 0 Å². The van der Waals surface area contributed by atoms with Crippen molar-refractivity contribution in [1.29, 1.82) is 0 Å². The lowest BCUT2D eigenvalue weighted by Crippen LogP contribution is -2.12. The SMILES string of the molecule is COc1ccc(Cl)cc1NC(=O)c1ccc(Cl)nc1. The Morgan fingerprint density at radius 2 is 2.05 bits per heavy atom. The van der Waals surface area contributed by atoms with E-state index >= 15 is 0 Å². The molecule has 4 nitrogen and oxygen atoms in total. The van der Waals surface area contributed by atoms with Crippen LogP contribution in [0.1, 0.15) is 10.4 Å². The van der Waals surface area contributed by atoms with Crippen molar-refractivity contribution in [3.8, 4) is 5.75 Å². The molecular weight excluding hydrogens is 287 g/mol. The van der Waals surface area contributed by atoms with Crippen LogP contribution in [-0.4, -0.2) is 18.0 Å². The second kappa shape index (κ2) is 5.91. The molecule has 1 aromatic carbocycles. The summed E-state index contributed by atoms with van der Waals surface area (Å²) >= 11 is 11.6. The summed E-state index contributed by atoms with van der Waals surface area (Å²) in [5.74, 6) is 0.212. The van der Waals surface area contributed by atoms with Gasteiger partial charge in [-0.15, -0.1) is 0 Å². The molecule has 2 aromatic rings. The molecule has 1 heterocycles. The summed E-state index contributed by atoms with van der Waals surface area (Å²) in [6.07, 6.45) is 1.40. The Morgan fingerprint density at radius 3 is 2.68 bits per heavy atom. The molecule has 0 atom stereocenters. The number of carbonyl (C=O) groups excluding carboxylic acids is 1. The summed E-state index contributed by atoms with van der Waals surface area (Å²) in [6, 6.07) is 8.10. The van der Waals surface area contributed by atoms with Crippen LogP contribution in [0.5, 0.6) is 5.75 Å². The lowest BCUT2D eigenvalue weighted by Gasteiger charge is -2.10. The highest BCUT2D eigenvalue weighted by Crippen LogP contribution is 2.28. The highest BCUT2D eigenvalue weighted by Gasteiger charge is 2.10. The number of benzene rings is 1. The molecule has 0 saturated carbocycles. The number of rotatable bonds is 3. The van der Waals surface area contributed by atoms with E-state index < -0.39 is 0 Å². The second-order valence-electron chi connectivity index (χ2n) is 3.67. The van der Waals surface area contributed by atoms with E-state index in [2.05, 4.69) is 10.3 Å². The first-order chi connectivity index (χ1) is 9.10. The summed E-state index contributed by atoms with van der Waals surface area (Å²) in [5.41, 5.74) is 0.890. The van der Waals surface area contributed by atoms with E-state index in [4.69, 9.17) is 27.9 Å². The summed E-state index contributed by atoms with van der Waals surface area (Å²) in [6.45, 7) is 0. The highest BCUT2D eigenvalue weighted by molar-refractivity contribution is 6.31. The number of nitrogens with one attached hydrogen (secondary N) is 1. The molecule has 0 aliphatic carbocycles. The third-order valence-electron chi connectivity index (χ3n) is 2.40. The molecule has 1 N–H and O–H groups in total.